The van der Waals surface area contributed by atoms with Gasteiger partial charge in [0.15, 0.2) is 11.6 Å². The van der Waals surface area contributed by atoms with Gasteiger partial charge < -0.3 is 9.64 Å². The lowest BCUT2D eigenvalue weighted by atomic mass is 10.3. The molecule has 0 radical (unpaired) electrons. The van der Waals surface area contributed by atoms with Crippen molar-refractivity contribution >= 4 is 16.9 Å². The summed E-state index contributed by atoms with van der Waals surface area (Å²) in [5.74, 6) is -0.359. The van der Waals surface area contributed by atoms with Crippen LogP contribution < -0.4 is 10.4 Å². The number of halogens is 1. The van der Waals surface area contributed by atoms with E-state index in [1.54, 1.807) is 34.4 Å². The van der Waals surface area contributed by atoms with E-state index in [9.17, 15) is 14.0 Å². The van der Waals surface area contributed by atoms with Crippen LogP contribution in [0.25, 0.3) is 11.0 Å². The Bertz CT molecular complexity index is 1030. The average molecular weight is 385 g/mol. The Labute approximate surface area is 162 Å². The van der Waals surface area contributed by atoms with Gasteiger partial charge in [-0.3, -0.25) is 13.9 Å². The van der Waals surface area contributed by atoms with Gasteiger partial charge in [0.25, 0.3) is 0 Å². The Kier molecular flexibility index (Phi) is 6.13. The summed E-state index contributed by atoms with van der Waals surface area (Å²) in [6.07, 6.45) is 0.202. The summed E-state index contributed by atoms with van der Waals surface area (Å²) in [4.78, 5) is 26.6. The number of imidazole rings is 1. The first kappa shape index (κ1) is 19.7. The molecule has 1 aromatic heterocycles. The molecule has 1 heterocycles. The number of para-hydroxylation sites is 3. The number of carbonyl (C=O) groups excluding carboxylic acids is 1. The monoisotopic (exact) mass is 385 g/mol. The number of fused-ring (bicyclic) bond motifs is 1. The zero-order valence-electron chi connectivity index (χ0n) is 16.1. The number of ether oxygens (including phenoxy) is 1. The van der Waals surface area contributed by atoms with Crippen LogP contribution in [-0.2, 0) is 17.9 Å². The number of carbonyl (C=O) groups is 1. The molecule has 0 atom stereocenters. The molecule has 28 heavy (non-hydrogen) atoms. The van der Waals surface area contributed by atoms with Gasteiger partial charge in [-0.2, -0.15) is 0 Å². The topological polar surface area (TPSA) is 56.5 Å². The second-order valence-electron chi connectivity index (χ2n) is 6.51. The fraction of sp³-hybridized carbons (Fsp3) is 0.333. The number of aryl methyl sites for hydroxylation is 2. The molecular weight excluding hydrogens is 361 g/mol. The summed E-state index contributed by atoms with van der Waals surface area (Å²) in [6, 6.07) is 13.7. The predicted molar refractivity (Wildman–Crippen MR) is 106 cm³/mol. The summed E-state index contributed by atoms with van der Waals surface area (Å²) >= 11 is 0. The molecule has 0 aliphatic heterocycles. The zero-order valence-corrected chi connectivity index (χ0v) is 16.1. The molecule has 0 aliphatic carbocycles. The van der Waals surface area contributed by atoms with Crippen molar-refractivity contribution in [2.75, 3.05) is 20.2 Å². The third-order valence-corrected chi connectivity index (χ3v) is 4.74. The summed E-state index contributed by atoms with van der Waals surface area (Å²) in [7, 11) is 1.67. The lowest BCUT2D eigenvalue weighted by Gasteiger charge is -2.17. The van der Waals surface area contributed by atoms with Crippen molar-refractivity contribution in [2.45, 2.75) is 26.4 Å². The molecule has 0 N–H and O–H groups in total. The van der Waals surface area contributed by atoms with Crippen molar-refractivity contribution in [1.82, 2.24) is 14.0 Å². The number of likely N-dealkylation sites (N-methyl/N-ethyl adjacent to an activating group) is 1. The molecule has 3 aromatic rings. The molecule has 0 bridgehead atoms. The minimum absolute atomic E-state index is 0.0997. The summed E-state index contributed by atoms with van der Waals surface area (Å²) in [5.41, 5.74) is 1.59. The first-order valence-corrected chi connectivity index (χ1v) is 9.32. The molecule has 0 spiro atoms. The first-order valence-electron chi connectivity index (χ1n) is 9.32. The van der Waals surface area contributed by atoms with E-state index < -0.39 is 5.82 Å². The number of hydrogen-bond donors (Lipinski definition) is 0. The molecular formula is C21H24FN3O3. The van der Waals surface area contributed by atoms with E-state index >= 15 is 0 Å². The smallest absolute Gasteiger partial charge is 0.329 e. The third kappa shape index (κ3) is 4.08. The van der Waals surface area contributed by atoms with E-state index in [4.69, 9.17) is 4.74 Å². The first-order chi connectivity index (χ1) is 13.5. The van der Waals surface area contributed by atoms with Crippen LogP contribution in [0.4, 0.5) is 4.39 Å². The van der Waals surface area contributed by atoms with Crippen LogP contribution in [0.15, 0.2) is 53.3 Å². The van der Waals surface area contributed by atoms with Gasteiger partial charge in [0.2, 0.25) is 5.91 Å². The molecule has 2 aromatic carbocycles. The highest BCUT2D eigenvalue weighted by atomic mass is 19.1. The van der Waals surface area contributed by atoms with Gasteiger partial charge in [-0.1, -0.05) is 24.3 Å². The molecule has 0 unspecified atom stereocenters. The van der Waals surface area contributed by atoms with Gasteiger partial charge in [0.05, 0.1) is 17.6 Å². The average Bonchev–Trinajstić information content (AvgIpc) is 2.98. The molecule has 1 amide bonds. The Morgan fingerprint density at radius 3 is 2.39 bits per heavy atom. The van der Waals surface area contributed by atoms with E-state index in [1.807, 2.05) is 31.2 Å². The highest BCUT2D eigenvalue weighted by Crippen LogP contribution is 2.15. The van der Waals surface area contributed by atoms with Crippen LogP contribution in [-0.4, -0.2) is 40.1 Å². The highest BCUT2D eigenvalue weighted by Gasteiger charge is 2.14. The fourth-order valence-electron chi connectivity index (χ4n) is 3.17. The van der Waals surface area contributed by atoms with Crippen LogP contribution in [0.2, 0.25) is 0 Å². The van der Waals surface area contributed by atoms with E-state index in [-0.39, 0.29) is 30.4 Å². The van der Waals surface area contributed by atoms with Gasteiger partial charge in [-0.15, -0.1) is 0 Å². The highest BCUT2D eigenvalue weighted by molar-refractivity contribution is 5.78. The quantitative estimate of drug-likeness (QED) is 0.599. The van der Waals surface area contributed by atoms with Gasteiger partial charge in [-0.05, 0) is 31.2 Å². The minimum atomic E-state index is -0.428. The van der Waals surface area contributed by atoms with Crippen molar-refractivity contribution in [1.29, 1.82) is 0 Å². The van der Waals surface area contributed by atoms with Crippen molar-refractivity contribution in [3.05, 3.63) is 64.8 Å². The maximum Gasteiger partial charge on any atom is 0.329 e. The number of amides is 1. The molecule has 6 nitrogen and oxygen atoms in total. The third-order valence-electron chi connectivity index (χ3n) is 4.74. The maximum atomic E-state index is 13.5. The zero-order chi connectivity index (χ0) is 20.1. The molecule has 0 fully saturated rings. The van der Waals surface area contributed by atoms with Gasteiger partial charge in [0.1, 0.15) is 6.61 Å². The molecule has 0 saturated carbocycles. The number of nitrogens with zero attached hydrogens (tertiary/aromatic N) is 3. The summed E-state index contributed by atoms with van der Waals surface area (Å²) in [6.45, 7) is 3.33. The minimum Gasteiger partial charge on any atom is -0.489 e. The van der Waals surface area contributed by atoms with Crippen molar-refractivity contribution in [2.24, 2.45) is 0 Å². The number of rotatable bonds is 8. The van der Waals surface area contributed by atoms with Crippen LogP contribution in [0, 0.1) is 5.82 Å². The Morgan fingerprint density at radius 1 is 1.07 bits per heavy atom. The predicted octanol–water partition coefficient (Wildman–Crippen LogP) is 2.89. The Morgan fingerprint density at radius 2 is 1.71 bits per heavy atom. The molecule has 7 heteroatoms. The second-order valence-corrected chi connectivity index (χ2v) is 6.51. The van der Waals surface area contributed by atoms with E-state index in [1.165, 1.54) is 11.0 Å². The lowest BCUT2D eigenvalue weighted by molar-refractivity contribution is -0.130. The van der Waals surface area contributed by atoms with Crippen LogP contribution in [0.5, 0.6) is 5.75 Å². The van der Waals surface area contributed by atoms with Gasteiger partial charge >= 0.3 is 5.69 Å². The standard InChI is InChI=1S/C21H24FN3O3/c1-3-24-17-9-5-6-10-18(17)25(21(24)27)13-12-20(26)23(2)14-15-28-19-11-7-4-8-16(19)22/h4-11H,3,12-15H2,1-2H3. The molecule has 148 valence electrons. The molecule has 0 saturated heterocycles. The largest absolute Gasteiger partial charge is 0.489 e. The van der Waals surface area contributed by atoms with Gasteiger partial charge in [-0.25, -0.2) is 9.18 Å². The van der Waals surface area contributed by atoms with E-state index in [0.29, 0.717) is 19.6 Å². The van der Waals surface area contributed by atoms with Crippen LogP contribution in [0.1, 0.15) is 13.3 Å². The lowest BCUT2D eigenvalue weighted by Crippen LogP contribution is -2.32. The van der Waals surface area contributed by atoms with Gasteiger partial charge in [0, 0.05) is 26.6 Å². The van der Waals surface area contributed by atoms with E-state index in [2.05, 4.69) is 0 Å². The fourth-order valence-corrected chi connectivity index (χ4v) is 3.17. The molecule has 0 aliphatic rings. The SMILES string of the molecule is CCn1c(=O)n(CCC(=O)N(C)CCOc2ccccc2F)c2ccccc21. The number of hydrogen-bond acceptors (Lipinski definition) is 3. The van der Waals surface area contributed by atoms with E-state index in [0.717, 1.165) is 11.0 Å². The maximum absolute atomic E-state index is 13.5. The Balaban J connectivity index is 1.58. The number of aromatic nitrogens is 2. The van der Waals surface area contributed by atoms with Crippen LogP contribution >= 0.6 is 0 Å². The van der Waals surface area contributed by atoms with Crippen molar-refractivity contribution in [3.63, 3.8) is 0 Å². The summed E-state index contributed by atoms with van der Waals surface area (Å²) < 4.78 is 22.3. The van der Waals surface area contributed by atoms with Crippen molar-refractivity contribution < 1.29 is 13.9 Å². The second kappa shape index (κ2) is 8.73. The molecule has 3 rings (SSSR count). The summed E-state index contributed by atoms with van der Waals surface area (Å²) in [5, 5.41) is 0. The Hall–Kier alpha value is -3.09. The van der Waals surface area contributed by atoms with Crippen molar-refractivity contribution in [3.8, 4) is 5.75 Å². The van der Waals surface area contributed by atoms with Crippen LogP contribution in [0.3, 0.4) is 0 Å². The normalized spacial score (nSPS) is 11.0. The number of benzene rings is 2.